The first-order valence-corrected chi connectivity index (χ1v) is 9.54. The third-order valence-electron chi connectivity index (χ3n) is 4.81. The molecule has 8 heteroatoms. The van der Waals surface area contributed by atoms with E-state index >= 15 is 0 Å². The lowest BCUT2D eigenvalue weighted by Crippen LogP contribution is -2.17. The van der Waals surface area contributed by atoms with Crippen LogP contribution in [-0.4, -0.2) is 27.7 Å². The molecule has 3 aromatic rings. The number of anilines is 2. The third-order valence-corrected chi connectivity index (χ3v) is 4.81. The van der Waals surface area contributed by atoms with Gasteiger partial charge in [-0.15, -0.1) is 0 Å². The lowest BCUT2D eigenvalue weighted by molar-refractivity contribution is -0.136. The largest absolute Gasteiger partial charge is 0.493 e. The number of aryl methyl sites for hydroxylation is 2. The molecule has 0 unspecified atom stereocenters. The highest BCUT2D eigenvalue weighted by Gasteiger charge is 2.14. The molecule has 3 rings (SSSR count). The molecule has 0 saturated heterocycles. The molecule has 0 fully saturated rings. The van der Waals surface area contributed by atoms with Crippen molar-refractivity contribution in [2.75, 3.05) is 18.1 Å². The van der Waals surface area contributed by atoms with Crippen LogP contribution in [0.1, 0.15) is 24.5 Å². The Bertz CT molecular complexity index is 1150. The first-order valence-electron chi connectivity index (χ1n) is 9.54. The van der Waals surface area contributed by atoms with Crippen LogP contribution >= 0.6 is 0 Å². The Hall–Kier alpha value is -3.81. The van der Waals surface area contributed by atoms with Crippen molar-refractivity contribution >= 4 is 17.5 Å². The second-order valence-corrected chi connectivity index (χ2v) is 6.89. The number of nitrogens with zero attached hydrogens (tertiary/aromatic N) is 1. The zero-order chi connectivity index (χ0) is 21.8. The Balaban J connectivity index is 2.05. The number of nitrogens with two attached hydrogens (primary N) is 2. The first kappa shape index (κ1) is 20.9. The molecule has 0 amide bonds. The summed E-state index contributed by atoms with van der Waals surface area (Å²) in [5.41, 5.74) is 15.1. The van der Waals surface area contributed by atoms with Gasteiger partial charge in [0, 0.05) is 6.42 Å². The summed E-state index contributed by atoms with van der Waals surface area (Å²) in [6.45, 7) is 4.24. The number of nitrogen functional groups attached to an aromatic ring is 2. The molecule has 8 nitrogen and oxygen atoms in total. The minimum Gasteiger partial charge on any atom is -0.493 e. The summed E-state index contributed by atoms with van der Waals surface area (Å²) in [6, 6.07) is 11.5. The van der Waals surface area contributed by atoms with Crippen molar-refractivity contribution in [2.45, 2.75) is 26.7 Å². The van der Waals surface area contributed by atoms with Gasteiger partial charge < -0.3 is 26.3 Å². The normalized spacial score (nSPS) is 10.7. The summed E-state index contributed by atoms with van der Waals surface area (Å²) in [5.74, 6) is -0.0586. The van der Waals surface area contributed by atoms with Crippen molar-refractivity contribution in [3.8, 4) is 28.3 Å². The van der Waals surface area contributed by atoms with E-state index in [0.29, 0.717) is 24.3 Å². The Kier molecular flexibility index (Phi) is 6.06. The number of carbonyl (C=O) groups is 1. The van der Waals surface area contributed by atoms with Gasteiger partial charge in [0.05, 0.1) is 12.2 Å². The smallest absolute Gasteiger partial charge is 0.303 e. The molecule has 0 aliphatic heterocycles. The van der Waals surface area contributed by atoms with E-state index in [-0.39, 0.29) is 23.8 Å². The minimum atomic E-state index is -0.827. The lowest BCUT2D eigenvalue weighted by Gasteiger charge is -2.14. The Morgan fingerprint density at radius 3 is 2.53 bits per heavy atom. The van der Waals surface area contributed by atoms with Crippen molar-refractivity contribution in [1.29, 1.82) is 0 Å². The van der Waals surface area contributed by atoms with Gasteiger partial charge in [0.1, 0.15) is 17.3 Å². The molecule has 30 heavy (non-hydrogen) atoms. The minimum absolute atomic E-state index is 0.0399. The predicted molar refractivity (Wildman–Crippen MR) is 116 cm³/mol. The first-order chi connectivity index (χ1) is 14.3. The summed E-state index contributed by atoms with van der Waals surface area (Å²) in [5, 5.41) is 8.98. The number of nitrogens with one attached hydrogen (secondary N) is 1. The number of hydrogen-bond acceptors (Lipinski definition) is 6. The molecular weight excluding hydrogens is 384 g/mol. The summed E-state index contributed by atoms with van der Waals surface area (Å²) in [4.78, 5) is 29.7. The molecule has 1 heterocycles. The third kappa shape index (κ3) is 4.43. The van der Waals surface area contributed by atoms with Gasteiger partial charge >= 0.3 is 5.97 Å². The quantitative estimate of drug-likeness (QED) is 0.470. The fraction of sp³-hybridized carbons (Fsp3) is 0.227. The fourth-order valence-electron chi connectivity index (χ4n) is 3.16. The average molecular weight is 408 g/mol. The predicted octanol–water partition coefficient (Wildman–Crippen LogP) is 2.99. The topological polar surface area (TPSA) is 144 Å². The monoisotopic (exact) mass is 408 g/mol. The number of carboxylic acid groups (broad SMARTS) is 1. The fourth-order valence-corrected chi connectivity index (χ4v) is 3.16. The molecule has 0 aliphatic carbocycles. The number of H-pyrrole nitrogens is 1. The molecular formula is C22H24N4O4. The van der Waals surface area contributed by atoms with E-state index in [2.05, 4.69) is 9.97 Å². The van der Waals surface area contributed by atoms with Crippen molar-refractivity contribution in [3.05, 3.63) is 57.9 Å². The number of benzene rings is 2. The van der Waals surface area contributed by atoms with Gasteiger partial charge in [-0.1, -0.05) is 24.3 Å². The van der Waals surface area contributed by atoms with Crippen LogP contribution in [0.3, 0.4) is 0 Å². The maximum atomic E-state index is 12.0. The molecule has 0 aliphatic rings. The van der Waals surface area contributed by atoms with Gasteiger partial charge in [0.25, 0.3) is 5.56 Å². The van der Waals surface area contributed by atoms with Gasteiger partial charge in [-0.3, -0.25) is 9.59 Å². The number of aromatic amines is 1. The number of hydrogen-bond donors (Lipinski definition) is 4. The van der Waals surface area contributed by atoms with Gasteiger partial charge in [-0.2, -0.15) is 0 Å². The van der Waals surface area contributed by atoms with Crippen molar-refractivity contribution in [2.24, 2.45) is 0 Å². The van der Waals surface area contributed by atoms with Gasteiger partial charge in [-0.05, 0) is 54.7 Å². The van der Waals surface area contributed by atoms with E-state index in [1.807, 2.05) is 44.2 Å². The molecule has 0 bridgehead atoms. The number of carboxylic acids is 1. The summed E-state index contributed by atoms with van der Waals surface area (Å²) in [7, 11) is 0. The molecule has 2 aromatic carbocycles. The SMILES string of the molecule is CCOc1cc(-c2ccc(C)c(CCC(=O)O)c2)ccc1-c1nc(N)c(N)c(=O)[nH]1. The van der Waals surface area contributed by atoms with Gasteiger partial charge in [-0.25, -0.2) is 4.98 Å². The van der Waals surface area contributed by atoms with Crippen LogP contribution in [0.4, 0.5) is 11.5 Å². The highest BCUT2D eigenvalue weighted by molar-refractivity contribution is 5.75. The summed E-state index contributed by atoms with van der Waals surface area (Å²) < 4.78 is 5.78. The molecule has 0 radical (unpaired) electrons. The molecule has 1 aromatic heterocycles. The lowest BCUT2D eigenvalue weighted by atomic mass is 9.96. The standard InChI is InChI=1S/C22H24N4O4/c1-3-30-17-11-15(14-5-4-12(2)13(10-14)7-9-18(27)28)6-8-16(17)21-25-20(24)19(23)22(29)26-21/h4-6,8,10-11H,3,7,9,23H2,1-2H3,(H,27,28)(H3,24,25,26,29). The van der Waals surface area contributed by atoms with Crippen LogP contribution in [0.15, 0.2) is 41.2 Å². The van der Waals surface area contributed by atoms with E-state index in [1.165, 1.54) is 0 Å². The Morgan fingerprint density at radius 2 is 1.87 bits per heavy atom. The van der Waals surface area contributed by atoms with E-state index in [0.717, 1.165) is 22.3 Å². The van der Waals surface area contributed by atoms with Crippen LogP contribution in [0, 0.1) is 6.92 Å². The maximum absolute atomic E-state index is 12.0. The van der Waals surface area contributed by atoms with E-state index in [4.69, 9.17) is 21.3 Å². The van der Waals surface area contributed by atoms with Crippen LogP contribution in [0.5, 0.6) is 5.75 Å². The second-order valence-electron chi connectivity index (χ2n) is 6.89. The zero-order valence-electron chi connectivity index (χ0n) is 16.9. The molecule has 0 atom stereocenters. The van der Waals surface area contributed by atoms with Gasteiger partial charge in [0.2, 0.25) is 0 Å². The molecule has 0 saturated carbocycles. The summed E-state index contributed by atoms with van der Waals surface area (Å²) >= 11 is 0. The molecule has 156 valence electrons. The van der Waals surface area contributed by atoms with E-state index < -0.39 is 11.5 Å². The van der Waals surface area contributed by atoms with Crippen LogP contribution < -0.4 is 21.8 Å². The molecule has 6 N–H and O–H groups in total. The number of aliphatic carboxylic acids is 1. The Morgan fingerprint density at radius 1 is 1.17 bits per heavy atom. The van der Waals surface area contributed by atoms with Crippen LogP contribution in [0.2, 0.25) is 0 Å². The molecule has 0 spiro atoms. The number of aromatic nitrogens is 2. The Labute approximate surface area is 173 Å². The highest BCUT2D eigenvalue weighted by atomic mass is 16.5. The van der Waals surface area contributed by atoms with Crippen molar-refractivity contribution in [3.63, 3.8) is 0 Å². The maximum Gasteiger partial charge on any atom is 0.303 e. The van der Waals surface area contributed by atoms with Crippen molar-refractivity contribution < 1.29 is 14.6 Å². The average Bonchev–Trinajstić information content (AvgIpc) is 2.71. The number of rotatable bonds is 7. The van der Waals surface area contributed by atoms with Crippen LogP contribution in [0.25, 0.3) is 22.5 Å². The number of ether oxygens (including phenoxy) is 1. The van der Waals surface area contributed by atoms with E-state index in [1.54, 1.807) is 6.07 Å². The zero-order valence-corrected chi connectivity index (χ0v) is 16.9. The van der Waals surface area contributed by atoms with Gasteiger partial charge in [0.15, 0.2) is 5.82 Å². The van der Waals surface area contributed by atoms with Crippen molar-refractivity contribution in [1.82, 2.24) is 9.97 Å². The van der Waals surface area contributed by atoms with E-state index in [9.17, 15) is 9.59 Å². The summed E-state index contributed by atoms with van der Waals surface area (Å²) in [6.07, 6.45) is 0.534. The van der Waals surface area contributed by atoms with Crippen LogP contribution in [-0.2, 0) is 11.2 Å². The highest BCUT2D eigenvalue weighted by Crippen LogP contribution is 2.34. The second kappa shape index (κ2) is 8.69.